The minimum absolute atomic E-state index is 0.0145. The Labute approximate surface area is 434 Å². The third-order valence-corrected chi connectivity index (χ3v) is 15.4. The molecule has 0 spiro atoms. The van der Waals surface area contributed by atoms with Crippen LogP contribution in [0, 0.1) is 0 Å². The van der Waals surface area contributed by atoms with Crippen molar-refractivity contribution >= 4 is 71.2 Å². The van der Waals surface area contributed by atoms with Crippen LogP contribution in [0.4, 0.5) is 17.1 Å². The highest BCUT2D eigenvalue weighted by Gasteiger charge is 2.26. The molecule has 1 heterocycles. The van der Waals surface area contributed by atoms with E-state index in [4.69, 9.17) is 0 Å². The number of para-hydroxylation sites is 1. The van der Waals surface area contributed by atoms with Gasteiger partial charge in [0, 0.05) is 32.8 Å². The van der Waals surface area contributed by atoms with Gasteiger partial charge in [-0.15, -0.1) is 0 Å². The van der Waals surface area contributed by atoms with Crippen LogP contribution in [0.3, 0.4) is 0 Å². The molecule has 2 heteroatoms. The van der Waals surface area contributed by atoms with E-state index in [0.29, 0.717) is 0 Å². The van der Waals surface area contributed by atoms with Crippen LogP contribution in [-0.2, 0) is 10.8 Å². The lowest BCUT2D eigenvalue weighted by molar-refractivity contribution is 0.590. The molecule has 0 aliphatic carbocycles. The van der Waals surface area contributed by atoms with Gasteiger partial charge < -0.3 is 9.47 Å². The standard InChI is InChI=1S/C72H58N2/c1-71(2,3)54-34-40-67-62(45-54)63-46-55(72(4,5)6)35-41-68(63)74(67)66-39-33-51-30-36-60-65(38-32-50-31-37-61(66)70(51)69(50)60)73(56-43-52(47-20-10-7-11-21-47)42-53(44-56)48-22-12-8-13-23-48)64-29-19-18-28-59(64)58-27-17-16-26-57(58)49-24-14-9-15-25-49/h7-46H,1-6H3. The lowest BCUT2D eigenvalue weighted by Crippen LogP contribution is -2.12. The summed E-state index contributed by atoms with van der Waals surface area (Å²) in [7, 11) is 0. The smallest absolute Gasteiger partial charge is 0.0541 e. The van der Waals surface area contributed by atoms with E-state index in [0.717, 1.165) is 33.8 Å². The minimum atomic E-state index is 0.0145. The van der Waals surface area contributed by atoms with Crippen LogP contribution in [0.25, 0.3) is 104 Å². The summed E-state index contributed by atoms with van der Waals surface area (Å²) in [6, 6.07) is 90.5. The maximum Gasteiger partial charge on any atom is 0.0541 e. The fourth-order valence-corrected chi connectivity index (χ4v) is 11.6. The molecule has 0 amide bonds. The SMILES string of the molecule is CC(C)(C)c1ccc2c(c1)c1cc(C(C)(C)C)ccc1n2-c1ccc2ccc3c(N(c4cc(-c5ccccc5)cc(-c5ccccc5)c4)c4ccccc4-c4ccccc4-c4ccccc4)ccc4ccc1c2c43. The molecule has 0 fully saturated rings. The lowest BCUT2D eigenvalue weighted by atomic mass is 9.85. The van der Waals surface area contributed by atoms with Crippen molar-refractivity contribution in [3.63, 3.8) is 0 Å². The number of rotatable bonds is 8. The second kappa shape index (κ2) is 17.5. The first kappa shape index (κ1) is 45.2. The summed E-state index contributed by atoms with van der Waals surface area (Å²) in [5, 5.41) is 10.0. The van der Waals surface area contributed by atoms with E-state index < -0.39 is 0 Å². The normalized spacial score (nSPS) is 12.2. The van der Waals surface area contributed by atoms with E-state index in [1.165, 1.54) is 98.8 Å². The second-order valence-electron chi connectivity index (χ2n) is 22.2. The first-order valence-electron chi connectivity index (χ1n) is 26.1. The first-order chi connectivity index (χ1) is 36.0. The van der Waals surface area contributed by atoms with Crippen molar-refractivity contribution in [2.45, 2.75) is 52.4 Å². The van der Waals surface area contributed by atoms with Gasteiger partial charge in [-0.1, -0.05) is 224 Å². The topological polar surface area (TPSA) is 8.17 Å². The monoisotopic (exact) mass is 950 g/mol. The summed E-state index contributed by atoms with van der Waals surface area (Å²) in [6.07, 6.45) is 0. The van der Waals surface area contributed by atoms with Crippen LogP contribution < -0.4 is 4.90 Å². The predicted molar refractivity (Wildman–Crippen MR) is 318 cm³/mol. The first-order valence-corrected chi connectivity index (χ1v) is 26.1. The summed E-state index contributed by atoms with van der Waals surface area (Å²) in [5.74, 6) is 0. The summed E-state index contributed by atoms with van der Waals surface area (Å²) in [4.78, 5) is 2.54. The molecule has 0 unspecified atom stereocenters. The molecular weight excluding hydrogens is 893 g/mol. The van der Waals surface area contributed by atoms with Crippen molar-refractivity contribution in [1.82, 2.24) is 4.57 Å². The van der Waals surface area contributed by atoms with Gasteiger partial charge in [0.2, 0.25) is 0 Å². The van der Waals surface area contributed by atoms with Gasteiger partial charge in [-0.05, 0) is 143 Å². The zero-order chi connectivity index (χ0) is 50.3. The van der Waals surface area contributed by atoms with Crippen molar-refractivity contribution in [2.75, 3.05) is 4.90 Å². The minimum Gasteiger partial charge on any atom is -0.309 e. The summed E-state index contributed by atoms with van der Waals surface area (Å²) in [5.41, 5.74) is 19.0. The molecule has 0 saturated heterocycles. The average molecular weight is 951 g/mol. The van der Waals surface area contributed by atoms with Crippen molar-refractivity contribution in [3.05, 3.63) is 254 Å². The fourth-order valence-electron chi connectivity index (χ4n) is 11.6. The van der Waals surface area contributed by atoms with Gasteiger partial charge in [-0.2, -0.15) is 0 Å². The highest BCUT2D eigenvalue weighted by molar-refractivity contribution is 6.28. The number of hydrogen-bond acceptors (Lipinski definition) is 1. The summed E-state index contributed by atoms with van der Waals surface area (Å²) < 4.78 is 2.53. The molecule has 74 heavy (non-hydrogen) atoms. The Morgan fingerprint density at radius 1 is 0.311 bits per heavy atom. The van der Waals surface area contributed by atoms with Crippen LogP contribution in [0.5, 0.6) is 0 Å². The van der Waals surface area contributed by atoms with Crippen LogP contribution in [-0.4, -0.2) is 4.57 Å². The largest absolute Gasteiger partial charge is 0.309 e. The number of aromatic nitrogens is 1. The quantitative estimate of drug-likeness (QED) is 0.138. The van der Waals surface area contributed by atoms with Gasteiger partial charge in [0.05, 0.1) is 28.1 Å². The Bertz CT molecular complexity index is 4110. The van der Waals surface area contributed by atoms with E-state index in [1.807, 2.05) is 0 Å². The van der Waals surface area contributed by atoms with E-state index in [2.05, 4.69) is 294 Å². The summed E-state index contributed by atoms with van der Waals surface area (Å²) >= 11 is 0. The fraction of sp³-hybridized carbons (Fsp3) is 0.111. The Kier molecular flexibility index (Phi) is 10.7. The van der Waals surface area contributed by atoms with Gasteiger partial charge in [0.25, 0.3) is 0 Å². The van der Waals surface area contributed by atoms with E-state index >= 15 is 0 Å². The van der Waals surface area contributed by atoms with Gasteiger partial charge >= 0.3 is 0 Å². The molecule has 1 aromatic heterocycles. The van der Waals surface area contributed by atoms with Crippen molar-refractivity contribution in [3.8, 4) is 50.2 Å². The number of benzene rings is 12. The van der Waals surface area contributed by atoms with Crippen molar-refractivity contribution < 1.29 is 0 Å². The molecule has 12 aromatic carbocycles. The maximum absolute atomic E-state index is 2.54. The Hall–Kier alpha value is -8.72. The highest BCUT2D eigenvalue weighted by atomic mass is 15.1. The molecule has 0 radical (unpaired) electrons. The molecule has 0 aliphatic rings. The Balaban J connectivity index is 1.10. The second-order valence-corrected chi connectivity index (χ2v) is 22.2. The van der Waals surface area contributed by atoms with Gasteiger partial charge in [0.15, 0.2) is 0 Å². The number of nitrogens with zero attached hydrogens (tertiary/aromatic N) is 2. The third kappa shape index (κ3) is 7.64. The molecule has 0 saturated carbocycles. The molecule has 356 valence electrons. The van der Waals surface area contributed by atoms with E-state index in [9.17, 15) is 0 Å². The maximum atomic E-state index is 2.54. The van der Waals surface area contributed by atoms with Crippen molar-refractivity contribution in [2.24, 2.45) is 0 Å². The Morgan fingerprint density at radius 2 is 0.770 bits per heavy atom. The molecule has 0 N–H and O–H groups in total. The molecule has 0 atom stereocenters. The van der Waals surface area contributed by atoms with Gasteiger partial charge in [0.1, 0.15) is 0 Å². The van der Waals surface area contributed by atoms with E-state index in [1.54, 1.807) is 0 Å². The molecule has 2 nitrogen and oxygen atoms in total. The zero-order valence-electron chi connectivity index (χ0n) is 43.0. The van der Waals surface area contributed by atoms with Crippen LogP contribution >= 0.6 is 0 Å². The van der Waals surface area contributed by atoms with Gasteiger partial charge in [-0.3, -0.25) is 0 Å². The van der Waals surface area contributed by atoms with Crippen LogP contribution in [0.15, 0.2) is 243 Å². The molecule has 0 aliphatic heterocycles. The average Bonchev–Trinajstić information content (AvgIpc) is 3.76. The molecule has 13 rings (SSSR count). The molecule has 0 bridgehead atoms. The van der Waals surface area contributed by atoms with Gasteiger partial charge in [-0.25, -0.2) is 0 Å². The number of anilines is 3. The Morgan fingerprint density at radius 3 is 1.34 bits per heavy atom. The summed E-state index contributed by atoms with van der Waals surface area (Å²) in [6.45, 7) is 13.9. The number of hydrogen-bond donors (Lipinski definition) is 0. The van der Waals surface area contributed by atoms with Crippen molar-refractivity contribution in [1.29, 1.82) is 0 Å². The van der Waals surface area contributed by atoms with Crippen LogP contribution in [0.2, 0.25) is 0 Å². The predicted octanol–water partition coefficient (Wildman–Crippen LogP) is 20.4. The zero-order valence-corrected chi connectivity index (χ0v) is 43.0. The lowest BCUT2D eigenvalue weighted by Gasteiger charge is -2.31. The highest BCUT2D eigenvalue weighted by Crippen LogP contribution is 2.50. The molecule has 13 aromatic rings. The molecular formula is C72H58N2. The third-order valence-electron chi connectivity index (χ3n) is 15.4. The van der Waals surface area contributed by atoms with E-state index in [-0.39, 0.29) is 10.8 Å². The number of fused-ring (bicyclic) bond motifs is 3. The van der Waals surface area contributed by atoms with Crippen LogP contribution in [0.1, 0.15) is 52.7 Å².